The number of rotatable bonds is 2. The second-order valence-electron chi connectivity index (χ2n) is 3.91. The van der Waals surface area contributed by atoms with Crippen LogP contribution >= 0.6 is 11.3 Å². The van der Waals surface area contributed by atoms with Crippen molar-refractivity contribution < 1.29 is 4.79 Å². The standard InChI is InChI=1S/C10H13N5OS/c11-5-7-9(13-10-15(7)3-4-17-10)14-2-1-12-8(16)6-14/h3-4H,1-2,5-6,11H2,(H,12,16). The topological polar surface area (TPSA) is 75.7 Å². The molecule has 1 aliphatic heterocycles. The first kappa shape index (κ1) is 10.5. The van der Waals surface area contributed by atoms with Crippen LogP contribution in [0.1, 0.15) is 5.69 Å². The third-order valence-corrected chi connectivity index (χ3v) is 3.63. The number of anilines is 1. The lowest BCUT2D eigenvalue weighted by atomic mass is 10.3. The highest BCUT2D eigenvalue weighted by atomic mass is 32.1. The maximum atomic E-state index is 11.4. The van der Waals surface area contributed by atoms with Crippen LogP contribution in [-0.4, -0.2) is 34.9 Å². The number of nitrogens with zero attached hydrogens (tertiary/aromatic N) is 3. The van der Waals surface area contributed by atoms with E-state index >= 15 is 0 Å². The van der Waals surface area contributed by atoms with E-state index < -0.39 is 0 Å². The van der Waals surface area contributed by atoms with Crippen LogP contribution in [0.15, 0.2) is 11.6 Å². The summed E-state index contributed by atoms with van der Waals surface area (Å²) < 4.78 is 1.99. The highest BCUT2D eigenvalue weighted by Gasteiger charge is 2.22. The molecule has 3 rings (SSSR count). The number of piperazine rings is 1. The van der Waals surface area contributed by atoms with Gasteiger partial charge in [-0.15, -0.1) is 11.3 Å². The fourth-order valence-electron chi connectivity index (χ4n) is 2.08. The van der Waals surface area contributed by atoms with E-state index in [0.717, 1.165) is 23.0 Å². The Kier molecular flexibility index (Phi) is 2.49. The van der Waals surface area contributed by atoms with Crippen molar-refractivity contribution in [2.75, 3.05) is 24.5 Å². The van der Waals surface area contributed by atoms with Crippen LogP contribution in [0.25, 0.3) is 4.96 Å². The largest absolute Gasteiger partial charge is 0.353 e. The number of hydrogen-bond acceptors (Lipinski definition) is 5. The van der Waals surface area contributed by atoms with Gasteiger partial charge in [0.2, 0.25) is 5.91 Å². The molecule has 0 atom stereocenters. The minimum atomic E-state index is 0.0376. The Morgan fingerprint density at radius 3 is 3.24 bits per heavy atom. The lowest BCUT2D eigenvalue weighted by molar-refractivity contribution is -0.120. The van der Waals surface area contributed by atoms with Crippen LogP contribution in [0.5, 0.6) is 0 Å². The van der Waals surface area contributed by atoms with Gasteiger partial charge in [0.15, 0.2) is 10.8 Å². The zero-order chi connectivity index (χ0) is 11.8. The SMILES string of the molecule is NCc1c(N2CCNC(=O)C2)nc2sccn12. The van der Waals surface area contributed by atoms with Gasteiger partial charge in [0.1, 0.15) is 0 Å². The average Bonchev–Trinajstić information content (AvgIpc) is 2.88. The molecule has 3 N–H and O–H groups in total. The first-order valence-corrected chi connectivity index (χ1v) is 6.33. The molecule has 90 valence electrons. The number of nitrogens with one attached hydrogen (secondary N) is 1. The van der Waals surface area contributed by atoms with Crippen LogP contribution in [0.2, 0.25) is 0 Å². The molecule has 6 nitrogen and oxygen atoms in total. The minimum Gasteiger partial charge on any atom is -0.353 e. The number of amides is 1. The molecule has 0 aliphatic carbocycles. The second-order valence-corrected chi connectivity index (χ2v) is 4.79. The van der Waals surface area contributed by atoms with Crippen LogP contribution in [0, 0.1) is 0 Å². The van der Waals surface area contributed by atoms with E-state index in [4.69, 9.17) is 5.73 Å². The summed E-state index contributed by atoms with van der Waals surface area (Å²) in [5, 5.41) is 4.78. The molecular formula is C10H13N5OS. The lowest BCUT2D eigenvalue weighted by Gasteiger charge is -2.27. The summed E-state index contributed by atoms with van der Waals surface area (Å²) >= 11 is 1.57. The molecule has 7 heteroatoms. The molecule has 17 heavy (non-hydrogen) atoms. The molecule has 0 unspecified atom stereocenters. The molecule has 3 heterocycles. The van der Waals surface area contributed by atoms with Gasteiger partial charge < -0.3 is 16.0 Å². The van der Waals surface area contributed by atoms with Crippen LogP contribution in [0.3, 0.4) is 0 Å². The summed E-state index contributed by atoms with van der Waals surface area (Å²) in [5.74, 6) is 0.879. The highest BCUT2D eigenvalue weighted by molar-refractivity contribution is 7.15. The predicted octanol–water partition coefficient (Wildman–Crippen LogP) is -0.209. The van der Waals surface area contributed by atoms with Crippen molar-refractivity contribution in [2.24, 2.45) is 5.73 Å². The number of fused-ring (bicyclic) bond motifs is 1. The van der Waals surface area contributed by atoms with E-state index in [1.165, 1.54) is 0 Å². The van der Waals surface area contributed by atoms with Crippen molar-refractivity contribution in [1.82, 2.24) is 14.7 Å². The maximum Gasteiger partial charge on any atom is 0.239 e. The molecule has 0 aromatic carbocycles. The van der Waals surface area contributed by atoms with Gasteiger partial charge in [0.05, 0.1) is 12.2 Å². The summed E-state index contributed by atoms with van der Waals surface area (Å²) in [6, 6.07) is 0. The summed E-state index contributed by atoms with van der Waals surface area (Å²) in [7, 11) is 0. The minimum absolute atomic E-state index is 0.0376. The van der Waals surface area contributed by atoms with Gasteiger partial charge in [-0.25, -0.2) is 4.98 Å². The Morgan fingerprint density at radius 2 is 2.47 bits per heavy atom. The van der Waals surface area contributed by atoms with Crippen molar-refractivity contribution in [2.45, 2.75) is 6.54 Å². The number of imidazole rings is 1. The van der Waals surface area contributed by atoms with Gasteiger partial charge in [-0.2, -0.15) is 0 Å². The van der Waals surface area contributed by atoms with Crippen molar-refractivity contribution in [3.63, 3.8) is 0 Å². The molecule has 0 radical (unpaired) electrons. The maximum absolute atomic E-state index is 11.4. The van der Waals surface area contributed by atoms with Crippen LogP contribution in [-0.2, 0) is 11.3 Å². The molecule has 0 bridgehead atoms. The number of nitrogens with two attached hydrogens (primary N) is 1. The number of carbonyl (C=O) groups is 1. The zero-order valence-corrected chi connectivity index (χ0v) is 10.0. The lowest BCUT2D eigenvalue weighted by Crippen LogP contribution is -2.48. The molecule has 2 aromatic heterocycles. The highest BCUT2D eigenvalue weighted by Crippen LogP contribution is 2.24. The Balaban J connectivity index is 2.03. The van der Waals surface area contributed by atoms with E-state index in [1.54, 1.807) is 11.3 Å². The smallest absolute Gasteiger partial charge is 0.239 e. The van der Waals surface area contributed by atoms with Crippen molar-refractivity contribution >= 4 is 28.0 Å². The normalized spacial score (nSPS) is 16.5. The third-order valence-electron chi connectivity index (χ3n) is 2.87. The Hall–Kier alpha value is -1.60. The van der Waals surface area contributed by atoms with E-state index in [-0.39, 0.29) is 5.91 Å². The number of hydrogen-bond donors (Lipinski definition) is 2. The summed E-state index contributed by atoms with van der Waals surface area (Å²) in [5.41, 5.74) is 6.75. The molecule has 1 saturated heterocycles. The van der Waals surface area contributed by atoms with Gasteiger partial charge >= 0.3 is 0 Å². The summed E-state index contributed by atoms with van der Waals surface area (Å²) in [4.78, 5) is 18.8. The average molecular weight is 251 g/mol. The summed E-state index contributed by atoms with van der Waals surface area (Å²) in [6.45, 7) is 2.22. The zero-order valence-electron chi connectivity index (χ0n) is 9.22. The van der Waals surface area contributed by atoms with E-state index in [0.29, 0.717) is 19.6 Å². The monoisotopic (exact) mass is 251 g/mol. The molecule has 1 fully saturated rings. The Bertz CT molecular complexity index is 560. The Labute approximate surface area is 102 Å². The van der Waals surface area contributed by atoms with Gasteiger partial charge in [-0.05, 0) is 0 Å². The second kappa shape index (κ2) is 4.01. The molecule has 0 saturated carbocycles. The fraction of sp³-hybridized carbons (Fsp3) is 0.400. The molecular weight excluding hydrogens is 238 g/mol. The number of aromatic nitrogens is 2. The molecule has 2 aromatic rings. The van der Waals surface area contributed by atoms with E-state index in [9.17, 15) is 4.79 Å². The quantitative estimate of drug-likeness (QED) is 0.774. The summed E-state index contributed by atoms with van der Waals surface area (Å²) in [6.07, 6.45) is 1.96. The number of carbonyl (C=O) groups excluding carboxylic acids is 1. The van der Waals surface area contributed by atoms with Crippen molar-refractivity contribution in [1.29, 1.82) is 0 Å². The predicted molar refractivity (Wildman–Crippen MR) is 66.2 cm³/mol. The van der Waals surface area contributed by atoms with Gasteiger partial charge in [-0.3, -0.25) is 9.20 Å². The molecule has 0 spiro atoms. The Morgan fingerprint density at radius 1 is 1.59 bits per heavy atom. The van der Waals surface area contributed by atoms with E-state index in [1.807, 2.05) is 20.9 Å². The van der Waals surface area contributed by atoms with Crippen LogP contribution in [0.4, 0.5) is 5.82 Å². The van der Waals surface area contributed by atoms with Gasteiger partial charge in [0, 0.05) is 31.2 Å². The first-order valence-electron chi connectivity index (χ1n) is 5.45. The van der Waals surface area contributed by atoms with Crippen molar-refractivity contribution in [3.8, 4) is 0 Å². The first-order chi connectivity index (χ1) is 8.29. The fourth-order valence-corrected chi connectivity index (χ4v) is 2.81. The van der Waals surface area contributed by atoms with Gasteiger partial charge in [-0.1, -0.05) is 0 Å². The van der Waals surface area contributed by atoms with Crippen molar-refractivity contribution in [3.05, 3.63) is 17.3 Å². The molecule has 1 amide bonds. The third kappa shape index (κ3) is 1.67. The van der Waals surface area contributed by atoms with Crippen LogP contribution < -0.4 is 16.0 Å². The van der Waals surface area contributed by atoms with Gasteiger partial charge in [0.25, 0.3) is 0 Å². The number of thiazole rings is 1. The molecule has 1 aliphatic rings. The van der Waals surface area contributed by atoms with E-state index in [2.05, 4.69) is 10.3 Å².